The van der Waals surface area contributed by atoms with Gasteiger partial charge in [0.1, 0.15) is 10.1 Å². The third-order valence-electron chi connectivity index (χ3n) is 4.40. The van der Waals surface area contributed by atoms with Crippen LogP contribution in [0.2, 0.25) is 0 Å². The Bertz CT molecular complexity index is 704. The molecule has 4 rings (SSSR count). The second-order valence-electron chi connectivity index (χ2n) is 6.45. The molecule has 124 valence electrons. The highest BCUT2D eigenvalue weighted by Crippen LogP contribution is 2.44. The van der Waals surface area contributed by atoms with Crippen LogP contribution in [-0.4, -0.2) is 22.0 Å². The SMILES string of the molecule is O=C(Nc1ccnc(Sc2ccccn2)c1)NC(C1CC1)C1CC1. The third kappa shape index (κ3) is 4.06. The van der Waals surface area contributed by atoms with Gasteiger partial charge in [0.25, 0.3) is 0 Å². The van der Waals surface area contributed by atoms with Crippen LogP contribution in [0.5, 0.6) is 0 Å². The smallest absolute Gasteiger partial charge is 0.319 e. The maximum Gasteiger partial charge on any atom is 0.319 e. The Morgan fingerprint density at radius 2 is 1.79 bits per heavy atom. The van der Waals surface area contributed by atoms with Gasteiger partial charge in [-0.05, 0) is 61.8 Å². The molecule has 6 heteroatoms. The first-order valence-corrected chi connectivity index (χ1v) is 9.22. The molecule has 0 bridgehead atoms. The molecule has 2 aliphatic carbocycles. The Morgan fingerprint density at radius 3 is 2.46 bits per heavy atom. The number of hydrogen-bond acceptors (Lipinski definition) is 4. The molecule has 0 atom stereocenters. The summed E-state index contributed by atoms with van der Waals surface area (Å²) < 4.78 is 0. The molecular formula is C18H20N4OS. The molecule has 2 aliphatic rings. The zero-order chi connectivity index (χ0) is 16.4. The average Bonchev–Trinajstić information content (AvgIpc) is 3.48. The van der Waals surface area contributed by atoms with Gasteiger partial charge in [-0.1, -0.05) is 17.8 Å². The van der Waals surface area contributed by atoms with Crippen molar-refractivity contribution in [2.75, 3.05) is 5.32 Å². The summed E-state index contributed by atoms with van der Waals surface area (Å²) in [6.45, 7) is 0. The van der Waals surface area contributed by atoms with Gasteiger partial charge in [-0.3, -0.25) is 0 Å². The highest BCUT2D eigenvalue weighted by molar-refractivity contribution is 7.99. The van der Waals surface area contributed by atoms with E-state index in [1.165, 1.54) is 37.4 Å². The van der Waals surface area contributed by atoms with E-state index < -0.39 is 0 Å². The molecule has 2 N–H and O–H groups in total. The first-order chi connectivity index (χ1) is 11.8. The molecule has 2 aromatic rings. The Morgan fingerprint density at radius 1 is 1.04 bits per heavy atom. The van der Waals surface area contributed by atoms with Crippen molar-refractivity contribution in [3.8, 4) is 0 Å². The average molecular weight is 340 g/mol. The van der Waals surface area contributed by atoms with Crippen LogP contribution in [0.1, 0.15) is 25.7 Å². The molecular weight excluding hydrogens is 320 g/mol. The van der Waals surface area contributed by atoms with Crippen molar-refractivity contribution >= 4 is 23.5 Å². The Labute approximate surface area is 145 Å². The van der Waals surface area contributed by atoms with Gasteiger partial charge in [-0.25, -0.2) is 14.8 Å². The van der Waals surface area contributed by atoms with Crippen LogP contribution >= 0.6 is 11.8 Å². The summed E-state index contributed by atoms with van der Waals surface area (Å²) in [5.41, 5.74) is 0.756. The van der Waals surface area contributed by atoms with Gasteiger partial charge in [0.05, 0.1) is 0 Å². The fraction of sp³-hybridized carbons (Fsp3) is 0.389. The molecule has 2 heterocycles. The standard InChI is InChI=1S/C18H20N4OS/c23-18(22-17(12-4-5-12)13-6-7-13)21-14-8-10-20-16(11-14)24-15-3-1-2-9-19-15/h1-3,8-13,17H,4-7H2,(H2,20,21,22,23). The van der Waals surface area contributed by atoms with Crippen molar-refractivity contribution in [3.63, 3.8) is 0 Å². The van der Waals surface area contributed by atoms with Crippen LogP contribution in [0.25, 0.3) is 0 Å². The number of carbonyl (C=O) groups excluding carboxylic acids is 1. The normalized spacial score (nSPS) is 16.9. The fourth-order valence-corrected chi connectivity index (χ4v) is 3.68. The van der Waals surface area contributed by atoms with Gasteiger partial charge in [0.2, 0.25) is 0 Å². The predicted molar refractivity (Wildman–Crippen MR) is 94.0 cm³/mol. The number of nitrogens with one attached hydrogen (secondary N) is 2. The van der Waals surface area contributed by atoms with E-state index in [2.05, 4.69) is 20.6 Å². The monoisotopic (exact) mass is 340 g/mol. The fourth-order valence-electron chi connectivity index (χ4n) is 2.91. The van der Waals surface area contributed by atoms with Crippen LogP contribution in [0.15, 0.2) is 52.8 Å². The molecule has 0 unspecified atom stereocenters. The van der Waals surface area contributed by atoms with E-state index in [0.29, 0.717) is 17.9 Å². The minimum Gasteiger partial charge on any atom is -0.335 e. The second-order valence-corrected chi connectivity index (χ2v) is 7.49. The number of nitrogens with zero attached hydrogens (tertiary/aromatic N) is 2. The van der Waals surface area contributed by atoms with Crippen LogP contribution in [0, 0.1) is 11.8 Å². The lowest BCUT2D eigenvalue weighted by Crippen LogP contribution is -2.40. The number of urea groups is 1. The second kappa shape index (κ2) is 6.81. The Hall–Kier alpha value is -2.08. The molecule has 2 amide bonds. The molecule has 2 aromatic heterocycles. The van der Waals surface area contributed by atoms with Crippen molar-refractivity contribution in [3.05, 3.63) is 42.7 Å². The van der Waals surface area contributed by atoms with Gasteiger partial charge in [-0.15, -0.1) is 0 Å². The molecule has 24 heavy (non-hydrogen) atoms. The summed E-state index contributed by atoms with van der Waals surface area (Å²) in [6.07, 6.45) is 8.47. The number of hydrogen-bond donors (Lipinski definition) is 2. The number of amides is 2. The quantitative estimate of drug-likeness (QED) is 0.836. The van der Waals surface area contributed by atoms with Gasteiger partial charge >= 0.3 is 6.03 Å². The molecule has 5 nitrogen and oxygen atoms in total. The summed E-state index contributed by atoms with van der Waals surface area (Å²) in [6, 6.07) is 9.70. The lowest BCUT2D eigenvalue weighted by molar-refractivity contribution is 0.245. The number of rotatable bonds is 6. The highest BCUT2D eigenvalue weighted by Gasteiger charge is 2.42. The molecule has 0 aliphatic heterocycles. The van der Waals surface area contributed by atoms with E-state index >= 15 is 0 Å². The van der Waals surface area contributed by atoms with Crippen LogP contribution in [-0.2, 0) is 0 Å². The zero-order valence-corrected chi connectivity index (χ0v) is 14.1. The first kappa shape index (κ1) is 15.4. The van der Waals surface area contributed by atoms with Crippen molar-refractivity contribution in [2.45, 2.75) is 41.8 Å². The summed E-state index contributed by atoms with van der Waals surface area (Å²) in [4.78, 5) is 20.9. The predicted octanol–water partition coefficient (Wildman–Crippen LogP) is 3.94. The molecule has 2 fully saturated rings. The van der Waals surface area contributed by atoms with Gasteiger partial charge in [0, 0.05) is 24.1 Å². The van der Waals surface area contributed by atoms with Crippen molar-refractivity contribution < 1.29 is 4.79 Å². The Balaban J connectivity index is 1.37. The topological polar surface area (TPSA) is 66.9 Å². The van der Waals surface area contributed by atoms with Crippen molar-refractivity contribution in [1.29, 1.82) is 0 Å². The van der Waals surface area contributed by atoms with E-state index in [0.717, 1.165) is 15.7 Å². The van der Waals surface area contributed by atoms with Crippen molar-refractivity contribution in [1.82, 2.24) is 15.3 Å². The first-order valence-electron chi connectivity index (χ1n) is 8.40. The van der Waals surface area contributed by atoms with E-state index in [1.807, 2.05) is 30.3 Å². The summed E-state index contributed by atoms with van der Waals surface area (Å²) >= 11 is 1.48. The van der Waals surface area contributed by atoms with Crippen LogP contribution < -0.4 is 10.6 Å². The lowest BCUT2D eigenvalue weighted by Gasteiger charge is -2.18. The van der Waals surface area contributed by atoms with Gasteiger partial charge < -0.3 is 10.6 Å². The summed E-state index contributed by atoms with van der Waals surface area (Å²) in [5, 5.41) is 7.80. The maximum absolute atomic E-state index is 12.3. The number of aromatic nitrogens is 2. The number of anilines is 1. The molecule has 0 spiro atoms. The zero-order valence-electron chi connectivity index (χ0n) is 13.3. The highest BCUT2D eigenvalue weighted by atomic mass is 32.2. The largest absolute Gasteiger partial charge is 0.335 e. The lowest BCUT2D eigenvalue weighted by atomic mass is 10.1. The molecule has 0 aromatic carbocycles. The van der Waals surface area contributed by atoms with E-state index in [-0.39, 0.29) is 6.03 Å². The minimum absolute atomic E-state index is 0.112. The number of pyridine rings is 2. The van der Waals surface area contributed by atoms with E-state index in [1.54, 1.807) is 12.4 Å². The minimum atomic E-state index is -0.112. The van der Waals surface area contributed by atoms with E-state index in [9.17, 15) is 4.79 Å². The van der Waals surface area contributed by atoms with E-state index in [4.69, 9.17) is 0 Å². The maximum atomic E-state index is 12.3. The molecule has 2 saturated carbocycles. The van der Waals surface area contributed by atoms with Crippen LogP contribution in [0.4, 0.5) is 10.5 Å². The summed E-state index contributed by atoms with van der Waals surface area (Å²) in [7, 11) is 0. The van der Waals surface area contributed by atoms with Gasteiger partial charge in [-0.2, -0.15) is 0 Å². The summed E-state index contributed by atoms with van der Waals surface area (Å²) in [5.74, 6) is 1.38. The molecule has 0 radical (unpaired) electrons. The van der Waals surface area contributed by atoms with Gasteiger partial charge in [0.15, 0.2) is 0 Å². The molecule has 0 saturated heterocycles. The van der Waals surface area contributed by atoms with Crippen LogP contribution in [0.3, 0.4) is 0 Å². The third-order valence-corrected chi connectivity index (χ3v) is 5.28. The number of carbonyl (C=O) groups is 1. The van der Waals surface area contributed by atoms with Crippen molar-refractivity contribution in [2.24, 2.45) is 11.8 Å². The Kier molecular flexibility index (Phi) is 4.38.